The molecule has 3 fully saturated rings. The highest BCUT2D eigenvalue weighted by molar-refractivity contribution is 7.72. The second-order valence-electron chi connectivity index (χ2n) is 12.1. The number of hydrogen-bond acceptors (Lipinski definition) is 5. The number of hydrogen-bond donors (Lipinski definition) is 2. The third kappa shape index (κ3) is 3.33. The summed E-state index contributed by atoms with van der Waals surface area (Å²) in [6.45, 7) is 3.06. The van der Waals surface area contributed by atoms with Gasteiger partial charge in [0.25, 0.3) is 0 Å². The molecule has 2 aliphatic heterocycles. The van der Waals surface area contributed by atoms with Gasteiger partial charge in [0.05, 0.1) is 17.0 Å². The molecule has 2 aromatic rings. The maximum atomic E-state index is 11.0. The molecule has 3 heterocycles. The van der Waals surface area contributed by atoms with Gasteiger partial charge in [-0.05, 0) is 103 Å². The van der Waals surface area contributed by atoms with E-state index in [4.69, 9.17) is 4.74 Å². The lowest BCUT2D eigenvalue weighted by Gasteiger charge is -2.54. The number of pyridine rings is 1. The van der Waals surface area contributed by atoms with Gasteiger partial charge in [-0.1, -0.05) is 31.2 Å². The molecule has 6 heteroatoms. The zero-order chi connectivity index (χ0) is 24.5. The minimum Gasteiger partial charge on any atom is -0.359 e. The van der Waals surface area contributed by atoms with Gasteiger partial charge in [0.15, 0.2) is 0 Å². The first kappa shape index (κ1) is 23.1. The number of fused-ring (bicyclic) bond motifs is 2. The van der Waals surface area contributed by atoms with Crippen LogP contribution in [-0.2, 0) is 15.4 Å². The molecule has 1 unspecified atom stereocenters. The van der Waals surface area contributed by atoms with E-state index in [0.29, 0.717) is 24.4 Å². The van der Waals surface area contributed by atoms with Gasteiger partial charge in [-0.3, -0.25) is 4.98 Å². The molecule has 1 aromatic carbocycles. The molecule has 1 N–H and O–H groups in total. The molecule has 5 aliphatic rings. The molecule has 5 nitrogen and oxygen atoms in total. The summed E-state index contributed by atoms with van der Waals surface area (Å²) in [4.78, 5) is 4.36. The fourth-order valence-corrected chi connectivity index (χ4v) is 9.12. The van der Waals surface area contributed by atoms with Crippen molar-refractivity contribution in [2.75, 3.05) is 12.3 Å². The van der Waals surface area contributed by atoms with Gasteiger partial charge in [0.1, 0.15) is 10.7 Å². The van der Waals surface area contributed by atoms with Crippen LogP contribution in [0.4, 0.5) is 0 Å². The largest absolute Gasteiger partial charge is 0.359 e. The number of benzene rings is 1. The number of rotatable bonds is 5. The molecule has 2 spiro atoms. The zero-order valence-corrected chi connectivity index (χ0v) is 21.9. The van der Waals surface area contributed by atoms with Crippen molar-refractivity contribution >= 4 is 21.5 Å². The van der Waals surface area contributed by atoms with Crippen molar-refractivity contribution in [2.24, 2.45) is 11.3 Å². The number of nitrogens with zero attached hydrogens (tertiary/aromatic N) is 1. The molecule has 0 amide bonds. The van der Waals surface area contributed by atoms with Gasteiger partial charge in [-0.15, -0.1) is 0 Å². The van der Waals surface area contributed by atoms with Crippen LogP contribution in [0.2, 0.25) is 0 Å². The highest BCUT2D eigenvalue weighted by atomic mass is 32.2. The Balaban J connectivity index is 1.19. The number of allylic oxidation sites excluding steroid dienone is 1. The van der Waals surface area contributed by atoms with Crippen molar-refractivity contribution in [3.63, 3.8) is 0 Å². The molecule has 2 bridgehead atoms. The van der Waals surface area contributed by atoms with E-state index in [1.807, 2.05) is 12.4 Å². The van der Waals surface area contributed by atoms with Gasteiger partial charge < -0.3 is 10.1 Å². The third-order valence-electron chi connectivity index (χ3n) is 10.5. The van der Waals surface area contributed by atoms with Crippen LogP contribution in [0.25, 0.3) is 10.8 Å². The monoisotopic (exact) mass is 504 g/mol. The molecular weight excluding hydrogens is 468 g/mol. The smallest absolute Gasteiger partial charge is 0.141 e. The van der Waals surface area contributed by atoms with Crippen LogP contribution in [0.15, 0.2) is 60.0 Å². The standard InChI is InChI=1S/C30H36N2O3S/c1-28-10-8-24-17-23-4-5-25(32-14-15-36(33)34)18-29(23)11-12-30(24,35-29)27(28)7-6-26(28)21-3-2-20-9-13-31-19-22(20)16-21/h2-3,8-9,13,16-17,19,25-27,32,36H,4-7,10-12,14-15,18H2,1H3/t25?,26-,27-,28-,29-,30-/m1/s1. The van der Waals surface area contributed by atoms with Gasteiger partial charge in [0.2, 0.25) is 0 Å². The second kappa shape index (κ2) is 8.24. The van der Waals surface area contributed by atoms with Crippen LogP contribution in [0.3, 0.4) is 0 Å². The van der Waals surface area contributed by atoms with E-state index in [0.717, 1.165) is 38.5 Å². The Kier molecular flexibility index (Phi) is 5.29. The SMILES string of the molecule is C[C@]12CC=C3C=C4CCC(NCC[SH](=O)=O)C[C@]45CC[C@]3(O5)[C@@H]1CC[C@@H]2c1ccc2ccncc2c1. The maximum Gasteiger partial charge on any atom is 0.141 e. The predicted molar refractivity (Wildman–Crippen MR) is 143 cm³/mol. The van der Waals surface area contributed by atoms with Crippen molar-refractivity contribution in [3.8, 4) is 0 Å². The van der Waals surface area contributed by atoms with Crippen molar-refractivity contribution < 1.29 is 13.2 Å². The first-order valence-electron chi connectivity index (χ1n) is 13.7. The average molecular weight is 505 g/mol. The van der Waals surface area contributed by atoms with E-state index in [1.165, 1.54) is 40.3 Å². The molecule has 1 aromatic heterocycles. The predicted octanol–water partition coefficient (Wildman–Crippen LogP) is 5.05. The number of thiol groups is 1. The Hall–Kier alpha value is -2.02. The average Bonchev–Trinajstić information content (AvgIpc) is 3.38. The Morgan fingerprint density at radius 1 is 1.14 bits per heavy atom. The zero-order valence-electron chi connectivity index (χ0n) is 21.0. The van der Waals surface area contributed by atoms with Gasteiger partial charge in [-0.25, -0.2) is 8.42 Å². The highest BCUT2D eigenvalue weighted by Gasteiger charge is 2.66. The summed E-state index contributed by atoms with van der Waals surface area (Å²) in [5, 5.41) is 6.01. The Morgan fingerprint density at radius 2 is 2.06 bits per heavy atom. The van der Waals surface area contributed by atoms with Crippen molar-refractivity contribution in [2.45, 2.75) is 81.5 Å². The molecule has 6 atom stereocenters. The molecule has 190 valence electrons. The summed E-state index contributed by atoms with van der Waals surface area (Å²) < 4.78 is 29.4. The van der Waals surface area contributed by atoms with E-state index in [2.05, 4.69) is 53.6 Å². The summed E-state index contributed by atoms with van der Waals surface area (Å²) in [7, 11) is -2.32. The van der Waals surface area contributed by atoms with Crippen molar-refractivity contribution in [3.05, 3.63) is 65.5 Å². The van der Waals surface area contributed by atoms with E-state index in [-0.39, 0.29) is 22.4 Å². The summed E-state index contributed by atoms with van der Waals surface area (Å²) in [5.41, 5.74) is 4.23. The number of nitrogens with one attached hydrogen (secondary N) is 1. The summed E-state index contributed by atoms with van der Waals surface area (Å²) in [5.74, 6) is 1.26. The Labute approximate surface area is 215 Å². The van der Waals surface area contributed by atoms with Crippen molar-refractivity contribution in [1.82, 2.24) is 10.3 Å². The van der Waals surface area contributed by atoms with E-state index < -0.39 is 10.7 Å². The molecular formula is C30H36N2O3S. The lowest BCUT2D eigenvalue weighted by atomic mass is 9.58. The van der Waals surface area contributed by atoms with Crippen LogP contribution in [0.1, 0.15) is 69.8 Å². The maximum absolute atomic E-state index is 11.0. The first-order valence-corrected chi connectivity index (χ1v) is 15.1. The van der Waals surface area contributed by atoms with E-state index >= 15 is 0 Å². The van der Waals surface area contributed by atoms with E-state index in [1.54, 1.807) is 0 Å². The number of aromatic nitrogens is 1. The van der Waals surface area contributed by atoms with Gasteiger partial charge >= 0.3 is 0 Å². The summed E-state index contributed by atoms with van der Waals surface area (Å²) in [6, 6.07) is 9.41. The molecule has 3 aliphatic carbocycles. The van der Waals surface area contributed by atoms with E-state index in [9.17, 15) is 8.42 Å². The lowest BCUT2D eigenvalue weighted by molar-refractivity contribution is -0.136. The molecule has 36 heavy (non-hydrogen) atoms. The van der Waals surface area contributed by atoms with Crippen LogP contribution in [0.5, 0.6) is 0 Å². The van der Waals surface area contributed by atoms with Crippen LogP contribution in [0, 0.1) is 11.3 Å². The molecule has 0 radical (unpaired) electrons. The molecule has 1 saturated heterocycles. The number of ether oxygens (including phenoxy) is 1. The minimum absolute atomic E-state index is 0.163. The van der Waals surface area contributed by atoms with Crippen molar-refractivity contribution in [1.29, 1.82) is 0 Å². The van der Waals surface area contributed by atoms with Crippen LogP contribution < -0.4 is 5.32 Å². The Morgan fingerprint density at radius 3 is 2.94 bits per heavy atom. The fourth-order valence-electron chi connectivity index (χ4n) is 8.81. The fraction of sp³-hybridized carbons (Fsp3) is 0.567. The topological polar surface area (TPSA) is 68.3 Å². The first-order chi connectivity index (χ1) is 17.4. The minimum atomic E-state index is -2.32. The lowest BCUT2D eigenvalue weighted by Crippen LogP contribution is -2.55. The summed E-state index contributed by atoms with van der Waals surface area (Å²) >= 11 is 0. The quantitative estimate of drug-likeness (QED) is 0.558. The van der Waals surface area contributed by atoms with Crippen LogP contribution >= 0.6 is 0 Å². The third-order valence-corrected chi connectivity index (χ3v) is 11.1. The van der Waals surface area contributed by atoms with Crippen LogP contribution in [-0.4, -0.2) is 42.9 Å². The highest BCUT2D eigenvalue weighted by Crippen LogP contribution is 2.69. The van der Waals surface area contributed by atoms with Gasteiger partial charge in [-0.2, -0.15) is 0 Å². The van der Waals surface area contributed by atoms with Gasteiger partial charge in [0, 0.05) is 30.4 Å². The molecule has 2 saturated carbocycles. The Bertz CT molecular complexity index is 1360. The molecule has 7 rings (SSSR count). The second-order valence-corrected chi connectivity index (χ2v) is 13.3. The summed E-state index contributed by atoms with van der Waals surface area (Å²) in [6.07, 6.45) is 17.7. The normalized spacial score (nSPS) is 38.9.